The van der Waals surface area contributed by atoms with Crippen LogP contribution in [0.4, 0.5) is 11.4 Å². The summed E-state index contributed by atoms with van der Waals surface area (Å²) in [5.41, 5.74) is 2.17. The van der Waals surface area contributed by atoms with Crippen LogP contribution in [0.3, 0.4) is 0 Å². The van der Waals surface area contributed by atoms with Crippen LogP contribution in [-0.4, -0.2) is 23.9 Å². The first kappa shape index (κ1) is 15.8. The molecule has 2 aliphatic rings. The SMILES string of the molecule is CCC(C)C1Nc2ccc(C(=O)NC3CCCC3)cc2NC1=O. The molecule has 1 aliphatic heterocycles. The summed E-state index contributed by atoms with van der Waals surface area (Å²) in [4.78, 5) is 24.6. The number of hydrogen-bond donors (Lipinski definition) is 3. The van der Waals surface area contributed by atoms with Crippen molar-refractivity contribution in [2.45, 2.75) is 58.0 Å². The number of carbonyl (C=O) groups excluding carboxylic acids is 2. The van der Waals surface area contributed by atoms with Gasteiger partial charge in [0.1, 0.15) is 6.04 Å². The Morgan fingerprint density at radius 2 is 2.04 bits per heavy atom. The molecular weight excluding hydrogens is 290 g/mol. The van der Waals surface area contributed by atoms with Crippen molar-refractivity contribution in [3.63, 3.8) is 0 Å². The largest absolute Gasteiger partial charge is 0.372 e. The van der Waals surface area contributed by atoms with Gasteiger partial charge in [-0.15, -0.1) is 0 Å². The standard InChI is InChI=1S/C18H25N3O2/c1-3-11(2)16-18(23)21-15-10-12(8-9-14(15)20-16)17(22)19-13-6-4-5-7-13/h8-11,13,16,20H,3-7H2,1-2H3,(H,19,22)(H,21,23). The average molecular weight is 315 g/mol. The van der Waals surface area contributed by atoms with Gasteiger partial charge < -0.3 is 16.0 Å². The molecule has 124 valence electrons. The summed E-state index contributed by atoms with van der Waals surface area (Å²) in [6.07, 6.45) is 5.43. The van der Waals surface area contributed by atoms with Crippen molar-refractivity contribution in [3.05, 3.63) is 23.8 Å². The molecule has 5 heteroatoms. The molecule has 0 saturated heterocycles. The first-order valence-electron chi connectivity index (χ1n) is 8.60. The van der Waals surface area contributed by atoms with Gasteiger partial charge in [-0.25, -0.2) is 0 Å². The summed E-state index contributed by atoms with van der Waals surface area (Å²) in [7, 11) is 0. The summed E-state index contributed by atoms with van der Waals surface area (Å²) in [6.45, 7) is 4.14. The number of benzene rings is 1. The fourth-order valence-corrected chi connectivity index (χ4v) is 3.33. The van der Waals surface area contributed by atoms with E-state index in [0.717, 1.165) is 24.9 Å². The van der Waals surface area contributed by atoms with E-state index in [9.17, 15) is 9.59 Å². The van der Waals surface area contributed by atoms with Crippen LogP contribution in [0.25, 0.3) is 0 Å². The molecule has 0 bridgehead atoms. The van der Waals surface area contributed by atoms with Crippen molar-refractivity contribution in [1.29, 1.82) is 0 Å². The zero-order valence-electron chi connectivity index (χ0n) is 13.8. The Labute approximate surface area is 137 Å². The fourth-order valence-electron chi connectivity index (χ4n) is 3.33. The molecule has 3 N–H and O–H groups in total. The summed E-state index contributed by atoms with van der Waals surface area (Å²) in [5, 5.41) is 9.30. The van der Waals surface area contributed by atoms with E-state index in [0.29, 0.717) is 17.3 Å². The van der Waals surface area contributed by atoms with Gasteiger partial charge in [-0.2, -0.15) is 0 Å². The second kappa shape index (κ2) is 6.60. The van der Waals surface area contributed by atoms with Gasteiger partial charge in [-0.1, -0.05) is 33.1 Å². The summed E-state index contributed by atoms with van der Waals surface area (Å²) < 4.78 is 0. The van der Waals surface area contributed by atoms with Crippen LogP contribution in [0.1, 0.15) is 56.3 Å². The molecule has 1 aromatic rings. The fraction of sp³-hybridized carbons (Fsp3) is 0.556. The number of anilines is 2. The van der Waals surface area contributed by atoms with E-state index in [4.69, 9.17) is 0 Å². The van der Waals surface area contributed by atoms with Crippen molar-refractivity contribution in [3.8, 4) is 0 Å². The third-order valence-electron chi connectivity index (χ3n) is 5.04. The maximum Gasteiger partial charge on any atom is 0.251 e. The summed E-state index contributed by atoms with van der Waals surface area (Å²) in [5.74, 6) is 0.173. The lowest BCUT2D eigenvalue weighted by Gasteiger charge is -2.30. The molecule has 1 aliphatic carbocycles. The number of amides is 2. The molecule has 0 radical (unpaired) electrons. The van der Waals surface area contributed by atoms with Crippen LogP contribution in [0.5, 0.6) is 0 Å². The second-order valence-electron chi connectivity index (χ2n) is 6.71. The Morgan fingerprint density at radius 3 is 2.74 bits per heavy atom. The lowest BCUT2D eigenvalue weighted by molar-refractivity contribution is -0.118. The minimum atomic E-state index is -0.217. The quantitative estimate of drug-likeness (QED) is 0.799. The molecule has 2 unspecified atom stereocenters. The average Bonchev–Trinajstić information content (AvgIpc) is 3.05. The van der Waals surface area contributed by atoms with Gasteiger partial charge in [0, 0.05) is 11.6 Å². The highest BCUT2D eigenvalue weighted by atomic mass is 16.2. The molecule has 0 spiro atoms. The van der Waals surface area contributed by atoms with E-state index in [1.54, 1.807) is 6.07 Å². The van der Waals surface area contributed by atoms with Crippen molar-refractivity contribution >= 4 is 23.2 Å². The van der Waals surface area contributed by atoms with E-state index < -0.39 is 0 Å². The zero-order valence-corrected chi connectivity index (χ0v) is 13.8. The molecule has 1 fully saturated rings. The minimum Gasteiger partial charge on any atom is -0.372 e. The Bertz CT molecular complexity index is 608. The molecule has 5 nitrogen and oxygen atoms in total. The van der Waals surface area contributed by atoms with Gasteiger partial charge >= 0.3 is 0 Å². The predicted molar refractivity (Wildman–Crippen MR) is 91.7 cm³/mol. The maximum absolute atomic E-state index is 12.3. The van der Waals surface area contributed by atoms with Crippen LogP contribution in [0, 0.1) is 5.92 Å². The van der Waals surface area contributed by atoms with E-state index in [1.165, 1.54) is 12.8 Å². The number of fused-ring (bicyclic) bond motifs is 1. The van der Waals surface area contributed by atoms with Gasteiger partial charge in [0.15, 0.2) is 0 Å². The zero-order chi connectivity index (χ0) is 16.4. The molecule has 1 aromatic carbocycles. The summed E-state index contributed by atoms with van der Waals surface area (Å²) >= 11 is 0. The lowest BCUT2D eigenvalue weighted by Crippen LogP contribution is -2.43. The smallest absolute Gasteiger partial charge is 0.251 e. The van der Waals surface area contributed by atoms with Crippen molar-refractivity contribution in [1.82, 2.24) is 5.32 Å². The van der Waals surface area contributed by atoms with Crippen molar-refractivity contribution in [2.24, 2.45) is 5.92 Å². The second-order valence-corrected chi connectivity index (χ2v) is 6.71. The maximum atomic E-state index is 12.3. The van der Waals surface area contributed by atoms with Crippen LogP contribution >= 0.6 is 0 Å². The van der Waals surface area contributed by atoms with Gasteiger partial charge in [0.25, 0.3) is 5.91 Å². The molecule has 0 aromatic heterocycles. The predicted octanol–water partition coefficient (Wildman–Crippen LogP) is 3.14. The minimum absolute atomic E-state index is 0.0276. The Kier molecular flexibility index (Phi) is 4.55. The number of rotatable bonds is 4. The van der Waals surface area contributed by atoms with Gasteiger partial charge in [-0.3, -0.25) is 9.59 Å². The Balaban J connectivity index is 1.74. The third-order valence-corrected chi connectivity index (χ3v) is 5.04. The summed E-state index contributed by atoms with van der Waals surface area (Å²) in [6, 6.07) is 5.54. The third kappa shape index (κ3) is 3.33. The Morgan fingerprint density at radius 1 is 1.30 bits per heavy atom. The molecule has 1 heterocycles. The van der Waals surface area contributed by atoms with Crippen LogP contribution < -0.4 is 16.0 Å². The van der Waals surface area contributed by atoms with E-state index in [-0.39, 0.29) is 23.8 Å². The van der Waals surface area contributed by atoms with Crippen molar-refractivity contribution < 1.29 is 9.59 Å². The first-order chi connectivity index (χ1) is 11.1. The van der Waals surface area contributed by atoms with E-state index >= 15 is 0 Å². The van der Waals surface area contributed by atoms with Crippen LogP contribution in [0.2, 0.25) is 0 Å². The normalized spacial score (nSPS) is 22.0. The monoisotopic (exact) mass is 315 g/mol. The molecule has 2 atom stereocenters. The van der Waals surface area contributed by atoms with E-state index in [1.807, 2.05) is 12.1 Å². The molecule has 1 saturated carbocycles. The van der Waals surface area contributed by atoms with Gasteiger partial charge in [0.05, 0.1) is 11.4 Å². The van der Waals surface area contributed by atoms with E-state index in [2.05, 4.69) is 29.8 Å². The van der Waals surface area contributed by atoms with Gasteiger partial charge in [-0.05, 0) is 37.0 Å². The topological polar surface area (TPSA) is 70.2 Å². The van der Waals surface area contributed by atoms with Crippen molar-refractivity contribution in [2.75, 3.05) is 10.6 Å². The van der Waals surface area contributed by atoms with Crippen LogP contribution in [0.15, 0.2) is 18.2 Å². The number of carbonyl (C=O) groups is 2. The number of nitrogens with one attached hydrogen (secondary N) is 3. The molecule has 23 heavy (non-hydrogen) atoms. The molecule has 3 rings (SSSR count). The number of hydrogen-bond acceptors (Lipinski definition) is 3. The van der Waals surface area contributed by atoms with Gasteiger partial charge in [0.2, 0.25) is 5.91 Å². The lowest BCUT2D eigenvalue weighted by atomic mass is 9.95. The highest BCUT2D eigenvalue weighted by molar-refractivity contribution is 6.05. The van der Waals surface area contributed by atoms with Crippen LogP contribution in [-0.2, 0) is 4.79 Å². The molecular formula is C18H25N3O2. The molecule has 2 amide bonds. The Hall–Kier alpha value is -2.04. The first-order valence-corrected chi connectivity index (χ1v) is 8.60. The highest BCUT2D eigenvalue weighted by Crippen LogP contribution is 2.30. The highest BCUT2D eigenvalue weighted by Gasteiger charge is 2.29.